The van der Waals surface area contributed by atoms with Crippen molar-refractivity contribution in [2.24, 2.45) is 0 Å². The van der Waals surface area contributed by atoms with Crippen molar-refractivity contribution in [2.45, 2.75) is 38.1 Å². The van der Waals surface area contributed by atoms with Crippen LogP contribution >= 0.6 is 0 Å². The number of hydrogen-bond donors (Lipinski definition) is 1. The quantitative estimate of drug-likeness (QED) is 0.917. The van der Waals surface area contributed by atoms with Gasteiger partial charge < -0.3 is 14.4 Å². The Balaban J connectivity index is 1.85. The molecule has 0 bridgehead atoms. The van der Waals surface area contributed by atoms with E-state index in [1.807, 2.05) is 36.1 Å². The monoisotopic (exact) mass is 290 g/mol. The average molecular weight is 290 g/mol. The number of ether oxygens (including phenoxy) is 2. The van der Waals surface area contributed by atoms with Crippen molar-refractivity contribution >= 4 is 5.91 Å². The van der Waals surface area contributed by atoms with Crippen LogP contribution in [0.3, 0.4) is 0 Å². The van der Waals surface area contributed by atoms with Gasteiger partial charge in [0.2, 0.25) is 5.91 Å². The number of nitrogens with zero attached hydrogens (tertiary/aromatic N) is 1. The molecule has 1 N–H and O–H groups in total. The molecule has 1 aromatic carbocycles. The molecule has 5 nitrogen and oxygen atoms in total. The number of para-hydroxylation sites is 1. The molecule has 3 atom stereocenters. The molecule has 3 unspecified atom stereocenters. The van der Waals surface area contributed by atoms with Crippen LogP contribution in [-0.4, -0.2) is 43.2 Å². The summed E-state index contributed by atoms with van der Waals surface area (Å²) in [6.07, 6.45) is 2.11. The summed E-state index contributed by atoms with van der Waals surface area (Å²) >= 11 is 0. The molecule has 2 heterocycles. The number of hydrogen-bond acceptors (Lipinski definition) is 4. The van der Waals surface area contributed by atoms with Crippen molar-refractivity contribution in [2.75, 3.05) is 20.3 Å². The maximum Gasteiger partial charge on any atom is 0.241 e. The molecule has 0 spiro atoms. The normalized spacial score (nSPS) is 29.1. The van der Waals surface area contributed by atoms with E-state index in [1.165, 1.54) is 0 Å². The van der Waals surface area contributed by atoms with Crippen LogP contribution in [0.15, 0.2) is 24.3 Å². The number of nitrogens with one attached hydrogen (secondary N) is 1. The van der Waals surface area contributed by atoms with Crippen molar-refractivity contribution in [3.63, 3.8) is 0 Å². The van der Waals surface area contributed by atoms with E-state index in [9.17, 15) is 4.79 Å². The van der Waals surface area contributed by atoms with Gasteiger partial charge in [-0.05, 0) is 25.8 Å². The third-order valence-corrected chi connectivity index (χ3v) is 4.23. The molecule has 21 heavy (non-hydrogen) atoms. The van der Waals surface area contributed by atoms with Gasteiger partial charge in [0.25, 0.3) is 0 Å². The zero-order chi connectivity index (χ0) is 14.8. The van der Waals surface area contributed by atoms with Crippen molar-refractivity contribution in [3.8, 4) is 5.75 Å². The zero-order valence-corrected chi connectivity index (χ0v) is 12.5. The van der Waals surface area contributed by atoms with E-state index >= 15 is 0 Å². The minimum absolute atomic E-state index is 0.126. The first-order chi connectivity index (χ1) is 10.2. The molecular formula is C16H22N2O3. The van der Waals surface area contributed by atoms with E-state index in [0.717, 1.165) is 30.8 Å². The van der Waals surface area contributed by atoms with Gasteiger partial charge in [-0.2, -0.15) is 0 Å². The fraction of sp³-hybridized carbons (Fsp3) is 0.562. The Hall–Kier alpha value is -1.59. The van der Waals surface area contributed by atoms with Crippen molar-refractivity contribution in [3.05, 3.63) is 29.8 Å². The Kier molecular flexibility index (Phi) is 4.12. The van der Waals surface area contributed by atoms with Crippen molar-refractivity contribution in [1.29, 1.82) is 0 Å². The molecule has 1 aromatic rings. The predicted molar refractivity (Wildman–Crippen MR) is 79.0 cm³/mol. The van der Waals surface area contributed by atoms with Gasteiger partial charge in [0.1, 0.15) is 11.9 Å². The first-order valence-corrected chi connectivity index (χ1v) is 7.51. The summed E-state index contributed by atoms with van der Waals surface area (Å²) in [6, 6.07) is 7.66. The highest BCUT2D eigenvalue weighted by Crippen LogP contribution is 2.32. The van der Waals surface area contributed by atoms with Crippen LogP contribution in [0.5, 0.6) is 5.75 Å². The second-order valence-corrected chi connectivity index (χ2v) is 5.66. The second kappa shape index (κ2) is 6.03. The molecular weight excluding hydrogens is 268 g/mol. The zero-order valence-electron chi connectivity index (χ0n) is 12.5. The predicted octanol–water partition coefficient (Wildman–Crippen LogP) is 1.69. The summed E-state index contributed by atoms with van der Waals surface area (Å²) in [7, 11) is 1.66. The van der Waals surface area contributed by atoms with Crippen LogP contribution < -0.4 is 10.1 Å². The summed E-state index contributed by atoms with van der Waals surface area (Å²) in [4.78, 5) is 14.3. The lowest BCUT2D eigenvalue weighted by Crippen LogP contribution is -2.37. The Bertz CT molecular complexity index is 514. The van der Waals surface area contributed by atoms with E-state index in [0.29, 0.717) is 6.54 Å². The molecule has 2 aliphatic rings. The van der Waals surface area contributed by atoms with Gasteiger partial charge in [0.05, 0.1) is 19.3 Å². The van der Waals surface area contributed by atoms with Crippen LogP contribution in [0.2, 0.25) is 0 Å². The van der Waals surface area contributed by atoms with E-state index in [-0.39, 0.29) is 24.2 Å². The second-order valence-electron chi connectivity index (χ2n) is 5.66. The third-order valence-electron chi connectivity index (χ3n) is 4.23. The van der Waals surface area contributed by atoms with Gasteiger partial charge in [0, 0.05) is 18.7 Å². The lowest BCUT2D eigenvalue weighted by atomic mass is 10.1. The highest BCUT2D eigenvalue weighted by atomic mass is 16.5. The highest BCUT2D eigenvalue weighted by Gasteiger charge is 2.39. The topological polar surface area (TPSA) is 50.8 Å². The lowest BCUT2D eigenvalue weighted by molar-refractivity contribution is -0.131. The van der Waals surface area contributed by atoms with Gasteiger partial charge in [0.15, 0.2) is 0 Å². The molecule has 0 saturated carbocycles. The van der Waals surface area contributed by atoms with Gasteiger partial charge in [-0.25, -0.2) is 0 Å². The Morgan fingerprint density at radius 2 is 2.24 bits per heavy atom. The van der Waals surface area contributed by atoms with Crippen LogP contribution in [0, 0.1) is 0 Å². The molecule has 114 valence electrons. The number of benzene rings is 1. The molecule has 5 heteroatoms. The molecule has 2 fully saturated rings. The number of carbonyl (C=O) groups is 1. The first kappa shape index (κ1) is 14.4. The smallest absolute Gasteiger partial charge is 0.241 e. The van der Waals surface area contributed by atoms with E-state index < -0.39 is 0 Å². The molecule has 0 aromatic heterocycles. The molecule has 0 radical (unpaired) electrons. The summed E-state index contributed by atoms with van der Waals surface area (Å²) in [5.74, 6) is 0.927. The maximum atomic E-state index is 12.4. The van der Waals surface area contributed by atoms with E-state index in [1.54, 1.807) is 7.11 Å². The molecule has 1 amide bonds. The van der Waals surface area contributed by atoms with Gasteiger partial charge in [-0.1, -0.05) is 18.2 Å². The van der Waals surface area contributed by atoms with Gasteiger partial charge in [-0.15, -0.1) is 0 Å². The fourth-order valence-corrected chi connectivity index (χ4v) is 3.13. The number of carbonyl (C=O) groups excluding carboxylic acids is 1. The Labute approximate surface area is 125 Å². The fourth-order valence-electron chi connectivity index (χ4n) is 3.13. The minimum Gasteiger partial charge on any atom is -0.496 e. The average Bonchev–Trinajstić information content (AvgIpc) is 3.11. The van der Waals surface area contributed by atoms with Crippen LogP contribution in [-0.2, 0) is 9.53 Å². The largest absolute Gasteiger partial charge is 0.496 e. The number of amides is 1. The molecule has 2 aliphatic heterocycles. The summed E-state index contributed by atoms with van der Waals surface area (Å²) in [5, 5.41) is 3.36. The van der Waals surface area contributed by atoms with Gasteiger partial charge >= 0.3 is 0 Å². The minimum atomic E-state index is -0.179. The van der Waals surface area contributed by atoms with Crippen molar-refractivity contribution in [1.82, 2.24) is 10.2 Å². The van der Waals surface area contributed by atoms with Crippen LogP contribution in [0.1, 0.15) is 31.5 Å². The Morgan fingerprint density at radius 1 is 1.43 bits per heavy atom. The maximum absolute atomic E-state index is 12.4. The van der Waals surface area contributed by atoms with Gasteiger partial charge in [-0.3, -0.25) is 10.1 Å². The first-order valence-electron chi connectivity index (χ1n) is 7.51. The lowest BCUT2D eigenvalue weighted by Gasteiger charge is -2.27. The summed E-state index contributed by atoms with van der Waals surface area (Å²) in [5.41, 5.74) is 0.996. The Morgan fingerprint density at radius 3 is 2.95 bits per heavy atom. The third kappa shape index (κ3) is 2.76. The van der Waals surface area contributed by atoms with Crippen molar-refractivity contribution < 1.29 is 14.3 Å². The summed E-state index contributed by atoms with van der Waals surface area (Å²) in [6.45, 7) is 3.34. The highest BCUT2D eigenvalue weighted by molar-refractivity contribution is 5.84. The van der Waals surface area contributed by atoms with E-state index in [2.05, 4.69) is 5.32 Å². The molecule has 2 saturated heterocycles. The summed E-state index contributed by atoms with van der Waals surface area (Å²) < 4.78 is 11.1. The van der Waals surface area contributed by atoms with E-state index in [4.69, 9.17) is 9.47 Å². The number of rotatable bonds is 4. The number of methoxy groups -OCH3 is 1. The standard InChI is InChI=1S/C16H22N2O3/c1-11-16(19)18(10-12-6-5-9-21-12)15(17-11)13-7-3-4-8-14(13)20-2/h3-4,7-8,11-12,15,17H,5-6,9-10H2,1-2H3. The SMILES string of the molecule is COc1ccccc1C1NC(C)C(=O)N1CC1CCCO1. The molecule has 3 rings (SSSR count). The molecule has 0 aliphatic carbocycles. The van der Waals surface area contributed by atoms with Crippen LogP contribution in [0.4, 0.5) is 0 Å². The van der Waals surface area contributed by atoms with Crippen LogP contribution in [0.25, 0.3) is 0 Å².